The van der Waals surface area contributed by atoms with Crippen LogP contribution >= 0.6 is 11.8 Å². The molecule has 8 heteroatoms. The maximum Gasteiger partial charge on any atom is 0.336 e. The Morgan fingerprint density at radius 2 is 1.84 bits per heavy atom. The lowest BCUT2D eigenvalue weighted by molar-refractivity contribution is -0.136. The predicted molar refractivity (Wildman–Crippen MR) is 124 cm³/mol. The van der Waals surface area contributed by atoms with Gasteiger partial charge in [-0.3, -0.25) is 4.79 Å². The van der Waals surface area contributed by atoms with Crippen LogP contribution in [0.25, 0.3) is 0 Å². The van der Waals surface area contributed by atoms with Crippen molar-refractivity contribution in [3.05, 3.63) is 92.9 Å². The SMILES string of the molecule is COC(=O)C1=C(C)Nc2nc(SC)[nH]c(=O)c2[C@H]1c1ccc(OCc2ccccc2)cc1. The molecular weight excluding hydrogens is 426 g/mol. The molecule has 1 aliphatic rings. The fourth-order valence-corrected chi connectivity index (χ4v) is 4.12. The van der Waals surface area contributed by atoms with Crippen molar-refractivity contribution in [3.8, 4) is 5.75 Å². The molecule has 1 aliphatic heterocycles. The first-order valence-corrected chi connectivity index (χ1v) is 11.2. The molecule has 3 aromatic rings. The number of carbonyl (C=O) groups excluding carboxylic acids is 1. The number of hydrogen-bond donors (Lipinski definition) is 2. The van der Waals surface area contributed by atoms with Crippen LogP contribution in [0.3, 0.4) is 0 Å². The third-order valence-corrected chi connectivity index (χ3v) is 5.86. The molecule has 1 atom stereocenters. The van der Waals surface area contributed by atoms with Gasteiger partial charge in [-0.25, -0.2) is 9.78 Å². The minimum atomic E-state index is -0.617. The van der Waals surface area contributed by atoms with E-state index < -0.39 is 11.9 Å². The number of methoxy groups -OCH3 is 1. The molecule has 2 N–H and O–H groups in total. The van der Waals surface area contributed by atoms with Crippen molar-refractivity contribution in [2.24, 2.45) is 0 Å². The molecule has 7 nitrogen and oxygen atoms in total. The molecule has 2 heterocycles. The molecule has 0 saturated heterocycles. The molecule has 32 heavy (non-hydrogen) atoms. The average molecular weight is 450 g/mol. The molecule has 0 saturated carbocycles. The largest absolute Gasteiger partial charge is 0.489 e. The maximum absolute atomic E-state index is 13.0. The number of ether oxygens (including phenoxy) is 2. The molecule has 0 unspecified atom stereocenters. The first-order chi connectivity index (χ1) is 15.5. The standard InChI is InChI=1S/C24H23N3O4S/c1-14-18(23(29)30-2)19(20-21(25-14)26-24(32-3)27-22(20)28)16-9-11-17(12-10-16)31-13-15-7-5-4-6-8-15/h4-12,19H,13H2,1-3H3,(H2,25,26,27,28)/t19-/m0/s1. The Morgan fingerprint density at radius 1 is 1.12 bits per heavy atom. The number of thioether (sulfide) groups is 1. The van der Waals surface area contributed by atoms with Gasteiger partial charge in [0.2, 0.25) is 0 Å². The topological polar surface area (TPSA) is 93.3 Å². The van der Waals surface area contributed by atoms with Crippen molar-refractivity contribution < 1.29 is 14.3 Å². The quantitative estimate of drug-likeness (QED) is 0.333. The number of benzene rings is 2. The molecule has 0 bridgehead atoms. The van der Waals surface area contributed by atoms with E-state index in [1.165, 1.54) is 18.9 Å². The van der Waals surface area contributed by atoms with E-state index in [4.69, 9.17) is 9.47 Å². The van der Waals surface area contributed by atoms with Gasteiger partial charge < -0.3 is 19.8 Å². The van der Waals surface area contributed by atoms with Crippen molar-refractivity contribution in [1.82, 2.24) is 9.97 Å². The van der Waals surface area contributed by atoms with Gasteiger partial charge in [-0.2, -0.15) is 0 Å². The van der Waals surface area contributed by atoms with E-state index in [9.17, 15) is 9.59 Å². The van der Waals surface area contributed by atoms with Crippen LogP contribution in [-0.4, -0.2) is 29.3 Å². The summed E-state index contributed by atoms with van der Waals surface area (Å²) in [6, 6.07) is 17.3. The average Bonchev–Trinajstić information content (AvgIpc) is 2.82. The fraction of sp³-hybridized carbons (Fsp3) is 0.208. The second-order valence-corrected chi connectivity index (χ2v) is 8.06. The van der Waals surface area contributed by atoms with Crippen LogP contribution in [0.15, 0.2) is 75.8 Å². The zero-order valence-electron chi connectivity index (χ0n) is 18.0. The van der Waals surface area contributed by atoms with Crippen LogP contribution in [0.4, 0.5) is 5.82 Å². The monoisotopic (exact) mass is 449 g/mol. The Hall–Kier alpha value is -3.52. The smallest absolute Gasteiger partial charge is 0.336 e. The maximum atomic E-state index is 13.0. The first-order valence-electron chi connectivity index (χ1n) is 10.0. The van der Waals surface area contributed by atoms with Crippen molar-refractivity contribution >= 4 is 23.5 Å². The van der Waals surface area contributed by atoms with Gasteiger partial charge in [0.15, 0.2) is 5.16 Å². The van der Waals surface area contributed by atoms with Gasteiger partial charge in [0, 0.05) is 5.70 Å². The number of nitrogens with zero attached hydrogens (tertiary/aromatic N) is 1. The summed E-state index contributed by atoms with van der Waals surface area (Å²) < 4.78 is 10.9. The molecule has 0 spiro atoms. The lowest BCUT2D eigenvalue weighted by Gasteiger charge is -2.28. The zero-order valence-corrected chi connectivity index (χ0v) is 18.8. The lowest BCUT2D eigenvalue weighted by atomic mass is 9.82. The molecule has 0 radical (unpaired) electrons. The number of nitrogens with one attached hydrogen (secondary N) is 2. The highest BCUT2D eigenvalue weighted by Crippen LogP contribution is 2.40. The highest BCUT2D eigenvalue weighted by molar-refractivity contribution is 7.98. The number of hydrogen-bond acceptors (Lipinski definition) is 7. The second-order valence-electron chi connectivity index (χ2n) is 7.27. The third kappa shape index (κ3) is 4.27. The summed E-state index contributed by atoms with van der Waals surface area (Å²) in [6.45, 7) is 2.23. The number of esters is 1. The number of aromatic amines is 1. The van der Waals surface area contributed by atoms with Crippen LogP contribution in [-0.2, 0) is 16.1 Å². The van der Waals surface area contributed by atoms with Crippen molar-refractivity contribution in [3.63, 3.8) is 0 Å². The summed E-state index contributed by atoms with van der Waals surface area (Å²) in [4.78, 5) is 32.9. The van der Waals surface area contributed by atoms with Gasteiger partial charge in [0.05, 0.1) is 24.2 Å². The predicted octanol–water partition coefficient (Wildman–Crippen LogP) is 4.08. The van der Waals surface area contributed by atoms with Crippen molar-refractivity contribution in [2.45, 2.75) is 24.6 Å². The summed E-state index contributed by atoms with van der Waals surface area (Å²) in [6.07, 6.45) is 1.84. The van der Waals surface area contributed by atoms with Gasteiger partial charge in [-0.15, -0.1) is 0 Å². The van der Waals surface area contributed by atoms with E-state index >= 15 is 0 Å². The van der Waals surface area contributed by atoms with E-state index in [0.29, 0.717) is 40.2 Å². The number of anilines is 1. The van der Waals surface area contributed by atoms with Gasteiger partial charge in [0.25, 0.3) is 5.56 Å². The van der Waals surface area contributed by atoms with E-state index in [1.54, 1.807) is 6.92 Å². The Labute approximate surface area is 189 Å². The number of carbonyl (C=O) groups is 1. The number of allylic oxidation sites excluding steroid dienone is 1. The van der Waals surface area contributed by atoms with Crippen molar-refractivity contribution in [2.75, 3.05) is 18.7 Å². The second kappa shape index (κ2) is 9.32. The van der Waals surface area contributed by atoms with Gasteiger partial charge in [-0.05, 0) is 36.4 Å². The molecule has 1 aromatic heterocycles. The Kier molecular flexibility index (Phi) is 6.32. The Bertz CT molecular complexity index is 1220. The summed E-state index contributed by atoms with van der Waals surface area (Å²) >= 11 is 1.34. The molecule has 0 fully saturated rings. The summed E-state index contributed by atoms with van der Waals surface area (Å²) in [5.74, 6) is 0.0203. The van der Waals surface area contributed by atoms with Crippen LogP contribution < -0.4 is 15.6 Å². The minimum absolute atomic E-state index is 0.296. The Morgan fingerprint density at radius 3 is 2.50 bits per heavy atom. The van der Waals surface area contributed by atoms with Crippen LogP contribution in [0.1, 0.15) is 29.5 Å². The van der Waals surface area contributed by atoms with E-state index in [0.717, 1.165) is 11.1 Å². The lowest BCUT2D eigenvalue weighted by Crippen LogP contribution is -2.30. The number of aromatic nitrogens is 2. The zero-order chi connectivity index (χ0) is 22.7. The molecule has 0 aliphatic carbocycles. The van der Waals surface area contributed by atoms with E-state index in [-0.39, 0.29) is 5.56 Å². The first kappa shape index (κ1) is 21.7. The van der Waals surface area contributed by atoms with E-state index in [2.05, 4.69) is 15.3 Å². The van der Waals surface area contributed by atoms with Gasteiger partial charge in [0.1, 0.15) is 18.2 Å². The molecule has 0 amide bonds. The summed E-state index contributed by atoms with van der Waals surface area (Å²) in [5, 5.41) is 3.60. The van der Waals surface area contributed by atoms with Crippen molar-refractivity contribution in [1.29, 1.82) is 0 Å². The molecule has 4 rings (SSSR count). The molecule has 2 aromatic carbocycles. The van der Waals surface area contributed by atoms with Crippen LogP contribution in [0.5, 0.6) is 5.75 Å². The minimum Gasteiger partial charge on any atom is -0.489 e. The van der Waals surface area contributed by atoms with Gasteiger partial charge >= 0.3 is 5.97 Å². The Balaban J connectivity index is 1.71. The number of fused-ring (bicyclic) bond motifs is 1. The summed E-state index contributed by atoms with van der Waals surface area (Å²) in [7, 11) is 1.33. The van der Waals surface area contributed by atoms with Gasteiger partial charge in [-0.1, -0.05) is 54.2 Å². The third-order valence-electron chi connectivity index (χ3n) is 5.28. The van der Waals surface area contributed by atoms with Crippen LogP contribution in [0, 0.1) is 0 Å². The van der Waals surface area contributed by atoms with E-state index in [1.807, 2.05) is 60.9 Å². The molecule has 164 valence electrons. The highest BCUT2D eigenvalue weighted by atomic mass is 32.2. The number of rotatable bonds is 6. The fourth-order valence-electron chi connectivity index (χ4n) is 3.74. The highest BCUT2D eigenvalue weighted by Gasteiger charge is 2.36. The normalized spacial score (nSPS) is 15.0. The molecular formula is C24H23N3O4S. The van der Waals surface area contributed by atoms with Crippen LogP contribution in [0.2, 0.25) is 0 Å². The summed E-state index contributed by atoms with van der Waals surface area (Å²) in [5.41, 5.74) is 2.90. The number of H-pyrrole nitrogens is 1.